The van der Waals surface area contributed by atoms with Crippen LogP contribution in [0, 0.1) is 0 Å². The second kappa shape index (κ2) is 24.7. The van der Waals surface area contributed by atoms with E-state index in [1.54, 1.807) is 0 Å². The lowest BCUT2D eigenvalue weighted by atomic mass is 9.96. The van der Waals surface area contributed by atoms with Crippen molar-refractivity contribution >= 4 is 87.5 Å². The second-order valence-corrected chi connectivity index (χ2v) is 27.0. The molecule has 0 radical (unpaired) electrons. The molecule has 0 amide bonds. The van der Waals surface area contributed by atoms with Gasteiger partial charge >= 0.3 is 0 Å². The van der Waals surface area contributed by atoms with Gasteiger partial charge in [-0.3, -0.25) is 9.13 Å². The zero-order valence-electron chi connectivity index (χ0n) is 56.9. The van der Waals surface area contributed by atoms with Gasteiger partial charge in [-0.15, -0.1) is 0 Å². The SMILES string of the molecule is c1ccc(-c2ccc(-c3nc(-c4ccccc4)nc(-n4c5ccccc5c5cc(-c6ccc7oc8ccc(-c9cccc(-c%10cccc(-c%11nc(-c%12ccccc%12)nc(-n%12c%13ccc(-c%14ccc%15oc%16ccccc%16c%15c%14)cc%13c%13ccc(-c%14ccccc%14)cc%13%12)n%11)c%10)c9)cc8c7c6)ccc54)n3)cc2)cc1. The van der Waals surface area contributed by atoms with Crippen molar-refractivity contribution in [3.8, 4) is 124 Å². The molecule has 0 saturated heterocycles. The molecule has 0 spiro atoms. The Hall–Kier alpha value is -14.5. The minimum Gasteiger partial charge on any atom is -0.456 e. The van der Waals surface area contributed by atoms with Gasteiger partial charge in [0.1, 0.15) is 22.3 Å². The number of para-hydroxylation sites is 2. The van der Waals surface area contributed by atoms with Crippen LogP contribution in [0.5, 0.6) is 0 Å². The molecule has 0 saturated carbocycles. The molecule has 21 rings (SSSR count). The van der Waals surface area contributed by atoms with Crippen molar-refractivity contribution in [1.29, 1.82) is 0 Å². The van der Waals surface area contributed by atoms with Crippen molar-refractivity contribution in [2.75, 3.05) is 0 Å². The highest BCUT2D eigenvalue weighted by Crippen LogP contribution is 2.43. The molecule has 15 aromatic carbocycles. The summed E-state index contributed by atoms with van der Waals surface area (Å²) in [5.74, 6) is 3.39. The van der Waals surface area contributed by atoms with Gasteiger partial charge in [0, 0.05) is 65.3 Å². The van der Waals surface area contributed by atoms with Crippen LogP contribution in [0.3, 0.4) is 0 Å². The molecular formula is C96H58N8O2. The lowest BCUT2D eigenvalue weighted by molar-refractivity contribution is 0.668. The number of aromatic nitrogens is 8. The summed E-state index contributed by atoms with van der Waals surface area (Å²) in [6.45, 7) is 0. The lowest BCUT2D eigenvalue weighted by Gasteiger charge is -2.12. The summed E-state index contributed by atoms with van der Waals surface area (Å²) in [6, 6.07) is 123. The Morgan fingerprint density at radius 3 is 0.972 bits per heavy atom. The number of rotatable bonds is 12. The van der Waals surface area contributed by atoms with Crippen LogP contribution >= 0.6 is 0 Å². The molecule has 0 unspecified atom stereocenters. The Labute approximate surface area is 607 Å². The van der Waals surface area contributed by atoms with Crippen LogP contribution < -0.4 is 0 Å². The Morgan fingerprint density at radius 1 is 0.160 bits per heavy atom. The van der Waals surface area contributed by atoms with E-state index in [0.717, 1.165) is 177 Å². The quantitative estimate of drug-likeness (QED) is 0.119. The van der Waals surface area contributed by atoms with E-state index in [4.69, 9.17) is 38.7 Å². The first-order valence-corrected chi connectivity index (χ1v) is 35.5. The summed E-state index contributed by atoms with van der Waals surface area (Å²) in [5.41, 5.74) is 24.0. The van der Waals surface area contributed by atoms with Crippen molar-refractivity contribution in [3.63, 3.8) is 0 Å². The average molecular weight is 1360 g/mol. The normalized spacial score (nSPS) is 11.8. The molecule has 0 bridgehead atoms. The molecule has 0 atom stereocenters. The third kappa shape index (κ3) is 10.4. The molecule has 10 nitrogen and oxygen atoms in total. The van der Waals surface area contributed by atoms with E-state index in [1.807, 2.05) is 66.7 Å². The van der Waals surface area contributed by atoms with Gasteiger partial charge in [-0.25, -0.2) is 9.97 Å². The molecule has 6 aromatic heterocycles. The Morgan fingerprint density at radius 2 is 0.453 bits per heavy atom. The van der Waals surface area contributed by atoms with Gasteiger partial charge in [-0.05, 0) is 158 Å². The molecule has 10 heteroatoms. The molecule has 6 heterocycles. The van der Waals surface area contributed by atoms with Gasteiger partial charge in [0.25, 0.3) is 0 Å². The monoisotopic (exact) mass is 1350 g/mol. The molecule has 106 heavy (non-hydrogen) atoms. The highest BCUT2D eigenvalue weighted by Gasteiger charge is 2.23. The van der Waals surface area contributed by atoms with E-state index in [2.05, 4.69) is 294 Å². The maximum atomic E-state index is 6.60. The topological polar surface area (TPSA) is 113 Å². The molecule has 0 aliphatic carbocycles. The van der Waals surface area contributed by atoms with E-state index in [1.165, 1.54) is 0 Å². The van der Waals surface area contributed by atoms with E-state index in [0.29, 0.717) is 35.2 Å². The number of nitrogens with zero attached hydrogens (tertiary/aromatic N) is 8. The summed E-state index contributed by atoms with van der Waals surface area (Å²) >= 11 is 0. The van der Waals surface area contributed by atoms with Crippen molar-refractivity contribution in [1.82, 2.24) is 39.0 Å². The van der Waals surface area contributed by atoms with Crippen LogP contribution in [0.1, 0.15) is 0 Å². The molecular weight excluding hydrogens is 1300 g/mol. The van der Waals surface area contributed by atoms with Crippen molar-refractivity contribution in [2.24, 2.45) is 0 Å². The summed E-state index contributed by atoms with van der Waals surface area (Å²) < 4.78 is 17.2. The number of hydrogen-bond acceptors (Lipinski definition) is 8. The first-order valence-electron chi connectivity index (χ1n) is 35.5. The van der Waals surface area contributed by atoms with Crippen molar-refractivity contribution in [2.45, 2.75) is 0 Å². The smallest absolute Gasteiger partial charge is 0.238 e. The summed E-state index contributed by atoms with van der Waals surface area (Å²) in [5, 5.41) is 8.62. The minimum atomic E-state index is 0.520. The van der Waals surface area contributed by atoms with Gasteiger partial charge in [0.2, 0.25) is 11.9 Å². The van der Waals surface area contributed by atoms with E-state index in [9.17, 15) is 0 Å². The Kier molecular flexibility index (Phi) is 14.0. The standard InChI is InChI=1S/C96H58N8O2/c1-5-19-59(20-6-1)61-35-37-64(38-36-61)93-97-91(62-23-9-3-10-24-62)99-95(101-93)103-83-33-15-13-31-75(83)78-53-68(40-46-84(78)103)72-44-50-90-82(57-72)81-56-70(42-49-89(81)106-90)66-28-17-27-65(51-66)67-29-18-30-74(52-67)94-98-92(63-25-11-4-12-26-63)100-96(102-94)104-85-47-41-69(71-43-48-88-80(55-71)77-32-14-16-34-87(77)105-88)54-79(85)76-45-39-73(58-86(76)104)60-21-7-2-8-22-60/h1-58H. The largest absolute Gasteiger partial charge is 0.456 e. The molecule has 0 N–H and O–H groups in total. The zero-order valence-corrected chi connectivity index (χ0v) is 56.9. The minimum absolute atomic E-state index is 0.520. The van der Waals surface area contributed by atoms with Crippen LogP contribution in [0.15, 0.2) is 361 Å². The maximum Gasteiger partial charge on any atom is 0.238 e. The third-order valence-electron chi connectivity index (χ3n) is 20.7. The molecule has 494 valence electrons. The van der Waals surface area contributed by atoms with Gasteiger partial charge in [-0.2, -0.15) is 19.9 Å². The zero-order chi connectivity index (χ0) is 69.8. The molecule has 0 fully saturated rings. The van der Waals surface area contributed by atoms with Gasteiger partial charge in [0.15, 0.2) is 23.3 Å². The lowest BCUT2D eigenvalue weighted by Crippen LogP contribution is -2.06. The van der Waals surface area contributed by atoms with E-state index >= 15 is 0 Å². The van der Waals surface area contributed by atoms with Crippen LogP contribution in [0.4, 0.5) is 0 Å². The number of hydrogen-bond donors (Lipinski definition) is 0. The first kappa shape index (κ1) is 60.3. The van der Waals surface area contributed by atoms with Gasteiger partial charge in [0.05, 0.1) is 22.1 Å². The summed E-state index contributed by atoms with van der Waals surface area (Å²) in [6.07, 6.45) is 0. The van der Waals surface area contributed by atoms with Crippen LogP contribution in [-0.4, -0.2) is 39.0 Å². The second-order valence-electron chi connectivity index (χ2n) is 27.0. The van der Waals surface area contributed by atoms with Crippen molar-refractivity contribution < 1.29 is 8.83 Å². The number of furan rings is 2. The maximum absolute atomic E-state index is 6.60. The van der Waals surface area contributed by atoms with Gasteiger partial charge in [-0.1, -0.05) is 261 Å². The van der Waals surface area contributed by atoms with Crippen LogP contribution in [0.25, 0.3) is 212 Å². The Balaban J connectivity index is 0.629. The average Bonchev–Trinajstić information content (AvgIpc) is 1.58. The van der Waals surface area contributed by atoms with Gasteiger partial charge < -0.3 is 8.83 Å². The fraction of sp³-hybridized carbons (Fsp3) is 0. The molecule has 21 aromatic rings. The predicted molar refractivity (Wildman–Crippen MR) is 431 cm³/mol. The van der Waals surface area contributed by atoms with Crippen LogP contribution in [0.2, 0.25) is 0 Å². The first-order chi connectivity index (χ1) is 52.5. The third-order valence-corrected chi connectivity index (χ3v) is 20.7. The molecule has 0 aliphatic heterocycles. The van der Waals surface area contributed by atoms with Crippen molar-refractivity contribution in [3.05, 3.63) is 352 Å². The van der Waals surface area contributed by atoms with E-state index in [-0.39, 0.29) is 0 Å². The van der Waals surface area contributed by atoms with E-state index < -0.39 is 0 Å². The summed E-state index contributed by atoms with van der Waals surface area (Å²) in [4.78, 5) is 31.7. The highest BCUT2D eigenvalue weighted by atomic mass is 16.3. The predicted octanol–water partition coefficient (Wildman–Crippen LogP) is 24.7. The molecule has 0 aliphatic rings. The fourth-order valence-electron chi connectivity index (χ4n) is 15.4. The number of benzene rings is 15. The Bertz CT molecular complexity index is 7060. The number of fused-ring (bicyclic) bond motifs is 12. The highest BCUT2D eigenvalue weighted by molar-refractivity contribution is 6.14. The summed E-state index contributed by atoms with van der Waals surface area (Å²) in [7, 11) is 0. The van der Waals surface area contributed by atoms with Crippen LogP contribution in [-0.2, 0) is 0 Å². The fourth-order valence-corrected chi connectivity index (χ4v) is 15.4.